The first-order chi connectivity index (χ1) is 8.15. The van der Waals surface area contributed by atoms with E-state index >= 15 is 0 Å². The Morgan fingerprint density at radius 1 is 1.24 bits per heavy atom. The highest BCUT2D eigenvalue weighted by atomic mass is 35.5. The van der Waals surface area contributed by atoms with Gasteiger partial charge in [-0.2, -0.15) is 0 Å². The lowest BCUT2D eigenvalue weighted by atomic mass is 9.89. The third kappa shape index (κ3) is 3.56. The first-order valence-corrected chi connectivity index (χ1v) is 6.84. The van der Waals surface area contributed by atoms with Crippen molar-refractivity contribution in [1.82, 2.24) is 9.97 Å². The third-order valence-corrected chi connectivity index (χ3v) is 3.31. The number of nitrogens with one attached hydrogen (secondary N) is 1. The van der Waals surface area contributed by atoms with E-state index in [9.17, 15) is 0 Å². The van der Waals surface area contributed by atoms with Crippen LogP contribution in [0.15, 0.2) is 6.07 Å². The predicted molar refractivity (Wildman–Crippen MR) is 71.6 cm³/mol. The van der Waals surface area contributed by atoms with Crippen LogP contribution in [0.5, 0.6) is 0 Å². The van der Waals surface area contributed by atoms with Crippen LogP contribution in [0.25, 0.3) is 0 Å². The van der Waals surface area contributed by atoms with Crippen LogP contribution < -0.4 is 5.32 Å². The number of rotatable bonds is 3. The van der Waals surface area contributed by atoms with Gasteiger partial charge in [0, 0.05) is 18.0 Å². The van der Waals surface area contributed by atoms with Gasteiger partial charge in [-0.25, -0.2) is 9.97 Å². The maximum atomic E-state index is 6.06. The number of aromatic nitrogens is 2. The first kappa shape index (κ1) is 12.6. The van der Waals surface area contributed by atoms with Crippen molar-refractivity contribution >= 4 is 17.4 Å². The van der Waals surface area contributed by atoms with Gasteiger partial charge < -0.3 is 5.32 Å². The maximum absolute atomic E-state index is 6.06. The summed E-state index contributed by atoms with van der Waals surface area (Å²) < 4.78 is 0. The quantitative estimate of drug-likeness (QED) is 0.828. The zero-order valence-electron chi connectivity index (χ0n) is 10.5. The van der Waals surface area contributed by atoms with Crippen LogP contribution in [0.3, 0.4) is 0 Å². The molecule has 0 radical (unpaired) electrons. The Morgan fingerprint density at radius 3 is 2.59 bits per heavy atom. The molecule has 3 nitrogen and oxygen atoms in total. The number of hydrogen-bond acceptors (Lipinski definition) is 3. The Labute approximate surface area is 108 Å². The van der Waals surface area contributed by atoms with Crippen LogP contribution in [0.4, 0.5) is 5.82 Å². The van der Waals surface area contributed by atoms with Gasteiger partial charge in [0.1, 0.15) is 16.8 Å². The highest BCUT2D eigenvalue weighted by Crippen LogP contribution is 2.31. The molecule has 0 spiro atoms. The van der Waals surface area contributed by atoms with Gasteiger partial charge in [-0.1, -0.05) is 30.9 Å². The molecule has 1 heterocycles. The first-order valence-electron chi connectivity index (χ1n) is 6.46. The Bertz CT molecular complexity index is 373. The van der Waals surface area contributed by atoms with Gasteiger partial charge in [0.2, 0.25) is 0 Å². The highest BCUT2D eigenvalue weighted by molar-refractivity contribution is 6.29. The molecule has 1 fully saturated rings. The van der Waals surface area contributed by atoms with Gasteiger partial charge >= 0.3 is 0 Å². The standard InChI is InChI=1S/C13H20ClN3/c1-9(2)15-12-8-11(14)16-13(17-12)10-6-4-3-5-7-10/h8-10H,3-7H2,1-2H3,(H,15,16,17). The van der Waals surface area contributed by atoms with Crippen LogP contribution in [-0.4, -0.2) is 16.0 Å². The van der Waals surface area contributed by atoms with Gasteiger partial charge in [0.15, 0.2) is 0 Å². The second kappa shape index (κ2) is 5.67. The molecule has 94 valence electrons. The van der Waals surface area contributed by atoms with E-state index in [1.807, 2.05) is 0 Å². The fourth-order valence-corrected chi connectivity index (χ4v) is 2.54. The van der Waals surface area contributed by atoms with Crippen LogP contribution in [-0.2, 0) is 0 Å². The van der Waals surface area contributed by atoms with Crippen LogP contribution in [0, 0.1) is 0 Å². The summed E-state index contributed by atoms with van der Waals surface area (Å²) in [6.07, 6.45) is 6.30. The molecule has 1 N–H and O–H groups in total. The van der Waals surface area contributed by atoms with E-state index in [1.54, 1.807) is 6.07 Å². The molecular formula is C13H20ClN3. The molecule has 0 saturated heterocycles. The van der Waals surface area contributed by atoms with Crippen LogP contribution in [0.2, 0.25) is 5.15 Å². The molecule has 0 aliphatic heterocycles. The molecule has 1 aliphatic carbocycles. The van der Waals surface area contributed by atoms with Crippen LogP contribution in [0.1, 0.15) is 57.7 Å². The van der Waals surface area contributed by atoms with Crippen molar-refractivity contribution < 1.29 is 0 Å². The number of anilines is 1. The Hall–Kier alpha value is -0.830. The summed E-state index contributed by atoms with van der Waals surface area (Å²) in [5.41, 5.74) is 0. The summed E-state index contributed by atoms with van der Waals surface area (Å²) in [7, 11) is 0. The van der Waals surface area contributed by atoms with Crippen molar-refractivity contribution in [1.29, 1.82) is 0 Å². The molecule has 2 rings (SSSR count). The molecule has 17 heavy (non-hydrogen) atoms. The van der Waals surface area contributed by atoms with E-state index in [0.29, 0.717) is 17.1 Å². The lowest BCUT2D eigenvalue weighted by Gasteiger charge is -2.21. The fourth-order valence-electron chi connectivity index (χ4n) is 2.35. The molecular weight excluding hydrogens is 234 g/mol. The maximum Gasteiger partial charge on any atom is 0.135 e. The predicted octanol–water partition coefficient (Wildman–Crippen LogP) is 4.00. The molecule has 1 saturated carbocycles. The number of halogens is 1. The smallest absolute Gasteiger partial charge is 0.135 e. The Morgan fingerprint density at radius 2 is 1.94 bits per heavy atom. The molecule has 1 aromatic rings. The third-order valence-electron chi connectivity index (χ3n) is 3.12. The lowest BCUT2D eigenvalue weighted by Crippen LogP contribution is -2.14. The summed E-state index contributed by atoms with van der Waals surface area (Å²) in [5, 5.41) is 3.83. The molecule has 0 atom stereocenters. The topological polar surface area (TPSA) is 37.8 Å². The van der Waals surface area contributed by atoms with Crippen molar-refractivity contribution in [2.45, 2.75) is 57.9 Å². The van der Waals surface area contributed by atoms with E-state index in [4.69, 9.17) is 11.6 Å². The molecule has 1 aliphatic rings. The minimum atomic E-state index is 0.361. The largest absolute Gasteiger partial charge is 0.368 e. The zero-order chi connectivity index (χ0) is 12.3. The van der Waals surface area contributed by atoms with Crippen molar-refractivity contribution in [3.05, 3.63) is 17.0 Å². The van der Waals surface area contributed by atoms with E-state index in [1.165, 1.54) is 32.1 Å². The average Bonchev–Trinajstić information content (AvgIpc) is 2.28. The van der Waals surface area contributed by atoms with Gasteiger partial charge in [0.05, 0.1) is 0 Å². The lowest BCUT2D eigenvalue weighted by molar-refractivity contribution is 0.429. The highest BCUT2D eigenvalue weighted by Gasteiger charge is 2.19. The minimum Gasteiger partial charge on any atom is -0.368 e. The van der Waals surface area contributed by atoms with Crippen molar-refractivity contribution in [2.24, 2.45) is 0 Å². The van der Waals surface area contributed by atoms with Gasteiger partial charge in [-0.3, -0.25) is 0 Å². The molecule has 0 bridgehead atoms. The summed E-state index contributed by atoms with van der Waals surface area (Å²) in [5.74, 6) is 2.26. The van der Waals surface area contributed by atoms with E-state index in [-0.39, 0.29) is 0 Å². The SMILES string of the molecule is CC(C)Nc1cc(Cl)nc(C2CCCCC2)n1. The summed E-state index contributed by atoms with van der Waals surface area (Å²) in [6.45, 7) is 4.19. The summed E-state index contributed by atoms with van der Waals surface area (Å²) >= 11 is 6.06. The number of nitrogens with zero attached hydrogens (tertiary/aromatic N) is 2. The zero-order valence-corrected chi connectivity index (χ0v) is 11.3. The van der Waals surface area contributed by atoms with Crippen LogP contribution >= 0.6 is 11.6 Å². The van der Waals surface area contributed by atoms with Gasteiger partial charge in [0.25, 0.3) is 0 Å². The van der Waals surface area contributed by atoms with E-state index in [2.05, 4.69) is 29.1 Å². The average molecular weight is 254 g/mol. The second-order valence-corrected chi connectivity index (χ2v) is 5.46. The summed E-state index contributed by atoms with van der Waals surface area (Å²) in [6, 6.07) is 2.16. The van der Waals surface area contributed by atoms with Crippen molar-refractivity contribution in [3.8, 4) is 0 Å². The van der Waals surface area contributed by atoms with E-state index < -0.39 is 0 Å². The molecule has 1 aromatic heterocycles. The Kier molecular flexibility index (Phi) is 4.21. The summed E-state index contributed by atoms with van der Waals surface area (Å²) in [4.78, 5) is 8.97. The van der Waals surface area contributed by atoms with Gasteiger partial charge in [-0.05, 0) is 26.7 Å². The number of hydrogen-bond donors (Lipinski definition) is 1. The van der Waals surface area contributed by atoms with Crippen molar-refractivity contribution in [3.63, 3.8) is 0 Å². The molecule has 0 unspecified atom stereocenters. The monoisotopic (exact) mass is 253 g/mol. The normalized spacial score (nSPS) is 17.4. The minimum absolute atomic E-state index is 0.361. The van der Waals surface area contributed by atoms with Crippen molar-refractivity contribution in [2.75, 3.05) is 5.32 Å². The second-order valence-electron chi connectivity index (χ2n) is 5.07. The van der Waals surface area contributed by atoms with Gasteiger partial charge in [-0.15, -0.1) is 0 Å². The van der Waals surface area contributed by atoms with E-state index in [0.717, 1.165) is 11.6 Å². The molecule has 0 aromatic carbocycles. The Balaban J connectivity index is 2.18. The fraction of sp³-hybridized carbons (Fsp3) is 0.692. The molecule has 4 heteroatoms. The molecule has 0 amide bonds.